The second kappa shape index (κ2) is 7.77. The van der Waals surface area contributed by atoms with Crippen molar-refractivity contribution in [1.82, 2.24) is 29.4 Å². The van der Waals surface area contributed by atoms with Crippen molar-refractivity contribution in [2.75, 3.05) is 39.8 Å². The summed E-state index contributed by atoms with van der Waals surface area (Å²) in [6.07, 6.45) is 19.6. The molecule has 210 valence electrons. The van der Waals surface area contributed by atoms with Gasteiger partial charge in [0.2, 0.25) is 0 Å². The summed E-state index contributed by atoms with van der Waals surface area (Å²) in [5, 5.41) is 0. The quantitative estimate of drug-likeness (QED) is 0.543. The monoisotopic (exact) mass is 520 g/mol. The average molecular weight is 521 g/mol. The van der Waals surface area contributed by atoms with Crippen LogP contribution in [0.2, 0.25) is 0 Å². The summed E-state index contributed by atoms with van der Waals surface area (Å²) in [4.78, 5) is 18.0. The van der Waals surface area contributed by atoms with E-state index < -0.39 is 0 Å². The zero-order valence-corrected chi connectivity index (χ0v) is 24.2. The van der Waals surface area contributed by atoms with Gasteiger partial charge in [0.1, 0.15) is 0 Å². The maximum Gasteiger partial charge on any atom is 0.0946 e. The fraction of sp³-hybridized carbons (Fsp3) is 1.00. The zero-order chi connectivity index (χ0) is 25.0. The van der Waals surface area contributed by atoms with Gasteiger partial charge in [-0.3, -0.25) is 29.4 Å². The van der Waals surface area contributed by atoms with E-state index in [1.807, 2.05) is 0 Å². The number of nitrogens with zero attached hydrogens (tertiary/aromatic N) is 6. The Morgan fingerprint density at radius 1 is 0.447 bits per heavy atom. The molecule has 0 amide bonds. The summed E-state index contributed by atoms with van der Waals surface area (Å²) < 4.78 is 0. The molecule has 4 heterocycles. The van der Waals surface area contributed by atoms with Gasteiger partial charge in [-0.15, -0.1) is 0 Å². The third-order valence-corrected chi connectivity index (χ3v) is 14.6. The molecule has 0 radical (unpaired) electrons. The lowest BCUT2D eigenvalue weighted by Crippen LogP contribution is -2.85. The minimum absolute atomic E-state index is 0.527. The van der Waals surface area contributed by atoms with Crippen molar-refractivity contribution in [3.05, 3.63) is 0 Å². The highest BCUT2D eigenvalue weighted by Gasteiger charge is 2.61. The Balaban J connectivity index is 0.944. The lowest BCUT2D eigenvalue weighted by Gasteiger charge is -2.71. The molecule has 0 spiro atoms. The molecule has 12 rings (SSSR count). The summed E-state index contributed by atoms with van der Waals surface area (Å²) >= 11 is 0. The second-order valence-corrected chi connectivity index (χ2v) is 17.0. The van der Waals surface area contributed by atoms with E-state index in [-0.39, 0.29) is 0 Å². The van der Waals surface area contributed by atoms with E-state index in [0.29, 0.717) is 35.5 Å². The van der Waals surface area contributed by atoms with Crippen LogP contribution < -0.4 is 0 Å². The van der Waals surface area contributed by atoms with Crippen LogP contribution in [0.5, 0.6) is 0 Å². The maximum atomic E-state index is 3.05. The van der Waals surface area contributed by atoms with Crippen molar-refractivity contribution in [1.29, 1.82) is 0 Å². The van der Waals surface area contributed by atoms with Crippen LogP contribution in [0.1, 0.15) is 90.9 Å². The molecule has 38 heavy (non-hydrogen) atoms. The molecule has 0 aromatic rings. The summed E-state index contributed by atoms with van der Waals surface area (Å²) in [5.41, 5.74) is 1.05. The van der Waals surface area contributed by atoms with E-state index in [1.165, 1.54) is 78.3 Å². The summed E-state index contributed by atoms with van der Waals surface area (Å²) in [5.74, 6) is 6.24. The van der Waals surface area contributed by atoms with Gasteiger partial charge in [0.25, 0.3) is 0 Å². The predicted molar refractivity (Wildman–Crippen MR) is 149 cm³/mol. The molecule has 8 saturated carbocycles. The van der Waals surface area contributed by atoms with Crippen molar-refractivity contribution in [3.63, 3.8) is 0 Å². The molecule has 8 bridgehead atoms. The van der Waals surface area contributed by atoms with Crippen molar-refractivity contribution in [2.24, 2.45) is 35.5 Å². The molecule has 4 aliphatic heterocycles. The third-order valence-electron chi connectivity index (χ3n) is 14.6. The van der Waals surface area contributed by atoms with Gasteiger partial charge in [-0.1, -0.05) is 0 Å². The van der Waals surface area contributed by atoms with E-state index in [1.54, 1.807) is 38.5 Å². The molecule has 4 atom stereocenters. The Morgan fingerprint density at radius 3 is 1.08 bits per heavy atom. The third kappa shape index (κ3) is 3.12. The van der Waals surface area contributed by atoms with Crippen LogP contribution in [-0.2, 0) is 0 Å². The molecule has 12 aliphatic rings. The van der Waals surface area contributed by atoms with Gasteiger partial charge in [-0.05, 0) is 126 Å². The molecule has 4 saturated heterocycles. The smallest absolute Gasteiger partial charge is 0.0946 e. The predicted octanol–water partition coefficient (Wildman–Crippen LogP) is 4.05. The molecular weight excluding hydrogens is 468 g/mol. The Bertz CT molecular complexity index is 848. The first-order valence-corrected chi connectivity index (χ1v) is 16.9. The molecule has 6 nitrogen and oxygen atoms in total. The average Bonchev–Trinajstić information content (AvgIpc) is 2.86. The molecule has 6 heteroatoms. The van der Waals surface area contributed by atoms with Crippen molar-refractivity contribution in [3.8, 4) is 0 Å². The summed E-state index contributed by atoms with van der Waals surface area (Å²) in [7, 11) is 0. The molecular formula is C32H52N6. The van der Waals surface area contributed by atoms with Gasteiger partial charge in [-0.2, -0.15) is 0 Å². The largest absolute Gasteiger partial charge is 0.272 e. The van der Waals surface area contributed by atoms with Gasteiger partial charge in [0, 0.05) is 36.3 Å². The fourth-order valence-electron chi connectivity index (χ4n) is 13.9. The molecule has 0 aromatic carbocycles. The van der Waals surface area contributed by atoms with E-state index in [0.717, 1.165) is 35.5 Å². The Hall–Kier alpha value is -0.240. The molecule has 8 aliphatic carbocycles. The van der Waals surface area contributed by atoms with Crippen LogP contribution >= 0.6 is 0 Å². The van der Waals surface area contributed by atoms with E-state index in [2.05, 4.69) is 43.2 Å². The maximum absolute atomic E-state index is 3.05. The van der Waals surface area contributed by atoms with Gasteiger partial charge >= 0.3 is 0 Å². The van der Waals surface area contributed by atoms with Crippen molar-refractivity contribution < 1.29 is 0 Å². The number of rotatable bonds is 2. The van der Waals surface area contributed by atoms with Crippen LogP contribution in [0.3, 0.4) is 0 Å². The van der Waals surface area contributed by atoms with Gasteiger partial charge in [-0.25, -0.2) is 0 Å². The number of hydrogen-bond acceptors (Lipinski definition) is 6. The Morgan fingerprint density at radius 2 is 0.763 bits per heavy atom. The minimum Gasteiger partial charge on any atom is -0.272 e. The molecule has 0 N–H and O–H groups in total. The molecule has 4 unspecified atom stereocenters. The molecule has 0 aromatic heterocycles. The highest BCUT2D eigenvalue weighted by atomic mass is 15.7. The Kier molecular flexibility index (Phi) is 4.77. The number of piperazine rings is 2. The number of hydrogen-bond donors (Lipinski definition) is 0. The van der Waals surface area contributed by atoms with Gasteiger partial charge in [0.15, 0.2) is 0 Å². The van der Waals surface area contributed by atoms with Crippen LogP contribution in [0, 0.1) is 35.5 Å². The zero-order valence-electron chi connectivity index (χ0n) is 24.2. The topological polar surface area (TPSA) is 19.4 Å². The molecule has 12 fully saturated rings. The SMILES string of the molecule is CC1CN2CN(C34CC5CC(CC(C5)C3)C4)CN3C(C)CN4CN(C56CC7CC(CC(C7)C5)C6)CN1C4C23. The standard InChI is InChI=1S/C32H52N6/c1-21-15-33-17-36(32-12-26-6-27(13-32)8-28(7-26)14-32)20-38-22(2)16-34-18-35(19-37(21)29(34)30(33)38)31-9-23-3-24(10-31)5-25(4-23)11-31/h21-30H,3-20H2,1-2H3. The normalized spacial score (nSPS) is 58.6. The lowest BCUT2D eigenvalue weighted by atomic mass is 9.52. The van der Waals surface area contributed by atoms with E-state index in [4.69, 9.17) is 0 Å². The van der Waals surface area contributed by atoms with E-state index in [9.17, 15) is 0 Å². The van der Waals surface area contributed by atoms with Crippen LogP contribution in [0.25, 0.3) is 0 Å². The fourth-order valence-corrected chi connectivity index (χ4v) is 13.9. The van der Waals surface area contributed by atoms with Gasteiger partial charge < -0.3 is 0 Å². The van der Waals surface area contributed by atoms with E-state index >= 15 is 0 Å². The highest BCUT2D eigenvalue weighted by Crippen LogP contribution is 2.60. The Labute approximate surface area is 231 Å². The lowest BCUT2D eigenvalue weighted by molar-refractivity contribution is -0.287. The minimum atomic E-state index is 0.527. The first-order chi connectivity index (χ1) is 18.4. The summed E-state index contributed by atoms with van der Waals surface area (Å²) in [6, 6.07) is 1.31. The van der Waals surface area contributed by atoms with Crippen molar-refractivity contribution in [2.45, 2.75) is 126 Å². The highest BCUT2D eigenvalue weighted by molar-refractivity contribution is 5.13. The van der Waals surface area contributed by atoms with Crippen LogP contribution in [-0.4, -0.2) is 105 Å². The van der Waals surface area contributed by atoms with Crippen LogP contribution in [0.15, 0.2) is 0 Å². The van der Waals surface area contributed by atoms with Crippen molar-refractivity contribution >= 4 is 0 Å². The van der Waals surface area contributed by atoms with Crippen LogP contribution in [0.4, 0.5) is 0 Å². The summed E-state index contributed by atoms with van der Waals surface area (Å²) in [6.45, 7) is 12.6. The second-order valence-electron chi connectivity index (χ2n) is 17.0. The first-order valence-electron chi connectivity index (χ1n) is 16.9. The first kappa shape index (κ1) is 23.3. The van der Waals surface area contributed by atoms with Gasteiger partial charge in [0.05, 0.1) is 39.0 Å².